The van der Waals surface area contributed by atoms with Crippen molar-refractivity contribution >= 4 is 33.3 Å². The number of sulfonamides is 1. The maximum atomic E-state index is 13.5. The minimum absolute atomic E-state index is 0.0173. The Kier molecular flexibility index (Phi) is 5.71. The van der Waals surface area contributed by atoms with Gasteiger partial charge in [-0.1, -0.05) is 54.6 Å². The van der Waals surface area contributed by atoms with Crippen molar-refractivity contribution < 1.29 is 18.0 Å². The molecule has 0 aromatic heterocycles. The summed E-state index contributed by atoms with van der Waals surface area (Å²) in [7, 11) is -4.14. The molecule has 8 heteroatoms. The summed E-state index contributed by atoms with van der Waals surface area (Å²) in [6.07, 6.45) is 0. The Morgan fingerprint density at radius 1 is 0.906 bits per heavy atom. The van der Waals surface area contributed by atoms with Gasteiger partial charge in [-0.05, 0) is 48.7 Å². The number of hydrogen-bond donors (Lipinski definition) is 1. The summed E-state index contributed by atoms with van der Waals surface area (Å²) in [5.41, 5.74) is 2.85. The smallest absolute Gasteiger partial charge is 0.343 e. The van der Waals surface area contributed by atoms with Crippen LogP contribution in [-0.4, -0.2) is 26.9 Å². The van der Waals surface area contributed by atoms with Crippen LogP contribution in [0.15, 0.2) is 77.7 Å². The predicted molar refractivity (Wildman–Crippen MR) is 123 cm³/mol. The number of rotatable bonds is 5. The molecular weight excluding hydrogens is 426 g/mol. The topological polar surface area (TPSA) is 86.8 Å². The predicted octanol–water partition coefficient (Wildman–Crippen LogP) is 3.76. The van der Waals surface area contributed by atoms with Crippen LogP contribution in [0.1, 0.15) is 16.7 Å². The third kappa shape index (κ3) is 3.97. The highest BCUT2D eigenvalue weighted by molar-refractivity contribution is 7.94. The van der Waals surface area contributed by atoms with E-state index in [0.717, 1.165) is 15.4 Å². The van der Waals surface area contributed by atoms with Gasteiger partial charge in [-0.25, -0.2) is 13.2 Å². The lowest BCUT2D eigenvalue weighted by atomic mass is 10.1. The fourth-order valence-electron chi connectivity index (χ4n) is 3.63. The second-order valence-electron chi connectivity index (χ2n) is 7.66. The van der Waals surface area contributed by atoms with E-state index in [-0.39, 0.29) is 22.8 Å². The van der Waals surface area contributed by atoms with Crippen molar-refractivity contribution in [2.75, 3.05) is 15.7 Å². The first kappa shape index (κ1) is 21.6. The summed E-state index contributed by atoms with van der Waals surface area (Å²) in [5, 5.41) is 2.79. The van der Waals surface area contributed by atoms with Crippen LogP contribution >= 0.6 is 0 Å². The molecule has 1 N–H and O–H groups in total. The summed E-state index contributed by atoms with van der Waals surface area (Å²) in [5.74, 6) is -0.391. The molecule has 0 bridgehead atoms. The van der Waals surface area contributed by atoms with E-state index in [1.165, 1.54) is 17.0 Å². The molecule has 7 nitrogen and oxygen atoms in total. The molecule has 4 rings (SSSR count). The zero-order valence-corrected chi connectivity index (χ0v) is 18.6. The van der Waals surface area contributed by atoms with E-state index in [2.05, 4.69) is 5.32 Å². The van der Waals surface area contributed by atoms with E-state index in [4.69, 9.17) is 0 Å². The second-order valence-corrected chi connectivity index (χ2v) is 9.41. The van der Waals surface area contributed by atoms with Gasteiger partial charge < -0.3 is 5.32 Å². The van der Waals surface area contributed by atoms with Crippen LogP contribution < -0.4 is 14.5 Å². The molecule has 0 radical (unpaired) electrons. The highest BCUT2D eigenvalue weighted by Crippen LogP contribution is 2.38. The summed E-state index contributed by atoms with van der Waals surface area (Å²) >= 11 is 0. The summed E-state index contributed by atoms with van der Waals surface area (Å²) < 4.78 is 27.6. The van der Waals surface area contributed by atoms with Crippen LogP contribution in [0.5, 0.6) is 0 Å². The number of anilines is 2. The van der Waals surface area contributed by atoms with Crippen molar-refractivity contribution in [3.8, 4) is 0 Å². The Hall–Kier alpha value is -3.65. The lowest BCUT2D eigenvalue weighted by Crippen LogP contribution is -2.53. The number of carbonyl (C=O) groups is 2. The molecule has 1 aliphatic rings. The molecule has 0 saturated heterocycles. The Bertz CT molecular complexity index is 1290. The molecule has 3 aromatic carbocycles. The molecule has 1 heterocycles. The lowest BCUT2D eigenvalue weighted by Gasteiger charge is -2.36. The molecular formula is C24H23N3O4S. The highest BCUT2D eigenvalue weighted by atomic mass is 32.2. The fourth-order valence-corrected chi connectivity index (χ4v) is 5.28. The van der Waals surface area contributed by atoms with Gasteiger partial charge in [-0.2, -0.15) is 4.31 Å². The normalized spacial score (nSPS) is 14.8. The van der Waals surface area contributed by atoms with Crippen molar-refractivity contribution in [1.82, 2.24) is 5.32 Å². The largest absolute Gasteiger partial charge is 0.350 e. The number of urea groups is 1. The Morgan fingerprint density at radius 2 is 1.59 bits per heavy atom. The molecule has 3 aromatic rings. The van der Waals surface area contributed by atoms with Crippen LogP contribution in [-0.2, 0) is 21.4 Å². The van der Waals surface area contributed by atoms with Gasteiger partial charge in [0.1, 0.15) is 11.4 Å². The van der Waals surface area contributed by atoms with Crippen molar-refractivity contribution in [1.29, 1.82) is 0 Å². The van der Waals surface area contributed by atoms with Crippen molar-refractivity contribution in [3.63, 3.8) is 0 Å². The van der Waals surface area contributed by atoms with E-state index in [1.807, 2.05) is 43.3 Å². The van der Waals surface area contributed by atoms with E-state index >= 15 is 0 Å². The first-order valence-corrected chi connectivity index (χ1v) is 11.6. The molecule has 0 spiro atoms. The van der Waals surface area contributed by atoms with Crippen LogP contribution in [0.3, 0.4) is 0 Å². The number of nitrogens with one attached hydrogen (secondary N) is 1. The van der Waals surface area contributed by atoms with Crippen LogP contribution in [0.4, 0.5) is 16.2 Å². The molecule has 0 fully saturated rings. The number of para-hydroxylation sites is 1. The number of aryl methyl sites for hydroxylation is 2. The standard InChI is InChI=1S/C24H23N3O4S/c1-17-12-13-18(2)21(14-17)27-24(29)26(20-10-6-7-11-22(20)32(27,30)31)16-23(28)25-15-19-8-4-3-5-9-19/h3-14H,15-16H2,1-2H3,(H,25,28). The van der Waals surface area contributed by atoms with Gasteiger partial charge in [0.2, 0.25) is 5.91 Å². The molecule has 3 amide bonds. The van der Waals surface area contributed by atoms with E-state index in [1.54, 1.807) is 31.2 Å². The second kappa shape index (κ2) is 8.47. The Balaban J connectivity index is 1.70. The Morgan fingerprint density at radius 3 is 2.34 bits per heavy atom. The van der Waals surface area contributed by atoms with Gasteiger partial charge in [0.25, 0.3) is 10.0 Å². The number of fused-ring (bicyclic) bond motifs is 1. The van der Waals surface area contributed by atoms with Crippen LogP contribution in [0.2, 0.25) is 0 Å². The first-order valence-electron chi connectivity index (χ1n) is 10.1. The minimum Gasteiger partial charge on any atom is -0.350 e. The number of benzene rings is 3. The first-order chi connectivity index (χ1) is 15.3. The maximum absolute atomic E-state index is 13.5. The summed E-state index contributed by atoms with van der Waals surface area (Å²) in [6.45, 7) is 3.57. The van der Waals surface area contributed by atoms with Crippen LogP contribution in [0, 0.1) is 13.8 Å². The van der Waals surface area contributed by atoms with Crippen molar-refractivity contribution in [2.24, 2.45) is 0 Å². The number of amides is 3. The minimum atomic E-state index is -4.14. The molecule has 32 heavy (non-hydrogen) atoms. The monoisotopic (exact) mass is 449 g/mol. The number of nitrogens with zero attached hydrogens (tertiary/aromatic N) is 2. The summed E-state index contributed by atoms with van der Waals surface area (Å²) in [6, 6.07) is 20.1. The molecule has 164 valence electrons. The fraction of sp³-hybridized carbons (Fsp3) is 0.167. The van der Waals surface area contributed by atoms with Crippen molar-refractivity contribution in [3.05, 3.63) is 89.5 Å². The van der Waals surface area contributed by atoms with E-state index in [9.17, 15) is 18.0 Å². The molecule has 0 saturated carbocycles. The third-order valence-corrected chi connectivity index (χ3v) is 7.03. The van der Waals surface area contributed by atoms with Gasteiger partial charge >= 0.3 is 6.03 Å². The zero-order valence-electron chi connectivity index (χ0n) is 17.8. The van der Waals surface area contributed by atoms with E-state index in [0.29, 0.717) is 12.1 Å². The third-order valence-electron chi connectivity index (χ3n) is 5.30. The van der Waals surface area contributed by atoms with Gasteiger partial charge in [-0.3, -0.25) is 9.69 Å². The molecule has 0 unspecified atom stereocenters. The average Bonchev–Trinajstić information content (AvgIpc) is 2.78. The van der Waals surface area contributed by atoms with Gasteiger partial charge in [0, 0.05) is 6.54 Å². The van der Waals surface area contributed by atoms with Crippen LogP contribution in [0.25, 0.3) is 0 Å². The zero-order chi connectivity index (χ0) is 22.9. The number of carbonyl (C=O) groups excluding carboxylic acids is 2. The molecule has 0 aliphatic carbocycles. The molecule has 0 atom stereocenters. The lowest BCUT2D eigenvalue weighted by molar-refractivity contribution is -0.119. The average molecular weight is 450 g/mol. The van der Waals surface area contributed by atoms with E-state index < -0.39 is 22.0 Å². The van der Waals surface area contributed by atoms with Gasteiger partial charge in [0.05, 0.1) is 11.4 Å². The Labute approximate surface area is 187 Å². The van der Waals surface area contributed by atoms with Crippen molar-refractivity contribution in [2.45, 2.75) is 25.3 Å². The van der Waals surface area contributed by atoms with Gasteiger partial charge in [-0.15, -0.1) is 0 Å². The highest BCUT2D eigenvalue weighted by Gasteiger charge is 2.43. The SMILES string of the molecule is Cc1ccc(C)c(N2C(=O)N(CC(=O)NCc3ccccc3)c3ccccc3S2(=O)=O)c1. The summed E-state index contributed by atoms with van der Waals surface area (Å²) in [4.78, 5) is 27.4. The number of hydrogen-bond acceptors (Lipinski definition) is 4. The quantitative estimate of drug-likeness (QED) is 0.643. The maximum Gasteiger partial charge on any atom is 0.343 e. The van der Waals surface area contributed by atoms with Gasteiger partial charge in [0.15, 0.2) is 0 Å². The molecule has 1 aliphatic heterocycles.